The first-order valence-electron chi connectivity index (χ1n) is 6.78. The fraction of sp³-hybridized carbons (Fsp3) is 0.750. The van der Waals surface area contributed by atoms with E-state index in [9.17, 15) is 14.4 Å². The Hall–Kier alpha value is -1.87. The van der Waals surface area contributed by atoms with Crippen molar-refractivity contribution in [3.8, 4) is 0 Å². The molecule has 0 saturated carbocycles. The van der Waals surface area contributed by atoms with Crippen molar-refractivity contribution < 1.29 is 29.3 Å². The summed E-state index contributed by atoms with van der Waals surface area (Å²) in [5.41, 5.74) is 0. The lowest BCUT2D eigenvalue weighted by atomic mass is 10.2. The molecule has 0 aromatic carbocycles. The number of morpholine rings is 1. The normalized spacial score (nSPS) is 19.7. The topological polar surface area (TPSA) is 128 Å². The van der Waals surface area contributed by atoms with Crippen molar-refractivity contribution in [2.75, 3.05) is 32.8 Å². The second-order valence-electron chi connectivity index (χ2n) is 4.62. The molecule has 9 nitrogen and oxygen atoms in total. The van der Waals surface area contributed by atoms with Crippen LogP contribution in [0.25, 0.3) is 0 Å². The van der Waals surface area contributed by atoms with Crippen LogP contribution in [0, 0.1) is 0 Å². The van der Waals surface area contributed by atoms with E-state index >= 15 is 0 Å². The number of aliphatic hydroxyl groups excluding tert-OH is 1. The Morgan fingerprint density at radius 3 is 2.71 bits per heavy atom. The molecule has 120 valence electrons. The molecule has 0 bridgehead atoms. The number of nitrogens with one attached hydrogen (secondary N) is 2. The van der Waals surface area contributed by atoms with Gasteiger partial charge in [-0.1, -0.05) is 6.92 Å². The number of amides is 3. The predicted molar refractivity (Wildman–Crippen MR) is 71.7 cm³/mol. The van der Waals surface area contributed by atoms with E-state index in [2.05, 4.69) is 10.6 Å². The fourth-order valence-electron chi connectivity index (χ4n) is 1.80. The van der Waals surface area contributed by atoms with Crippen molar-refractivity contribution in [2.24, 2.45) is 0 Å². The van der Waals surface area contributed by atoms with Gasteiger partial charge in [0.15, 0.2) is 6.10 Å². The minimum atomic E-state index is -1.68. The summed E-state index contributed by atoms with van der Waals surface area (Å²) in [6.07, 6.45) is -0.904. The Bertz CT molecular complexity index is 389. The highest BCUT2D eigenvalue weighted by atomic mass is 16.5. The number of ether oxygens (including phenoxy) is 1. The number of hydrogen-bond acceptors (Lipinski definition) is 5. The summed E-state index contributed by atoms with van der Waals surface area (Å²) in [5.74, 6) is -1.74. The zero-order valence-electron chi connectivity index (χ0n) is 11.9. The minimum Gasteiger partial charge on any atom is -0.479 e. The maximum absolute atomic E-state index is 12.0. The van der Waals surface area contributed by atoms with Crippen LogP contribution in [0.15, 0.2) is 0 Å². The molecule has 0 aromatic heterocycles. The van der Waals surface area contributed by atoms with Gasteiger partial charge in [0.25, 0.3) is 0 Å². The summed E-state index contributed by atoms with van der Waals surface area (Å²) in [5, 5.41) is 22.7. The van der Waals surface area contributed by atoms with E-state index in [1.54, 1.807) is 0 Å². The molecule has 0 aromatic rings. The SMILES string of the molecule is CCCNC(=O)C1COCCN1C(=O)NC[C@H](O)C(=O)O. The maximum atomic E-state index is 12.0. The Morgan fingerprint density at radius 2 is 2.10 bits per heavy atom. The lowest BCUT2D eigenvalue weighted by Crippen LogP contribution is -2.59. The summed E-state index contributed by atoms with van der Waals surface area (Å²) in [6, 6.07) is -1.36. The van der Waals surface area contributed by atoms with Gasteiger partial charge < -0.3 is 30.5 Å². The number of rotatable bonds is 6. The van der Waals surface area contributed by atoms with Gasteiger partial charge in [-0.05, 0) is 6.42 Å². The van der Waals surface area contributed by atoms with Gasteiger partial charge in [0.2, 0.25) is 5.91 Å². The van der Waals surface area contributed by atoms with Crippen LogP contribution in [0.1, 0.15) is 13.3 Å². The van der Waals surface area contributed by atoms with E-state index in [-0.39, 0.29) is 19.1 Å². The number of carboxylic acids is 1. The van der Waals surface area contributed by atoms with Crippen LogP contribution >= 0.6 is 0 Å². The zero-order valence-corrected chi connectivity index (χ0v) is 11.9. The molecule has 1 aliphatic heterocycles. The second kappa shape index (κ2) is 8.42. The molecule has 1 unspecified atom stereocenters. The standard InChI is InChI=1S/C12H21N3O6/c1-2-3-13-10(17)8-7-21-5-4-15(8)12(20)14-6-9(16)11(18)19/h8-9,16H,2-7H2,1H3,(H,13,17)(H,14,20)(H,18,19)/t8?,9-/m0/s1. The highest BCUT2D eigenvalue weighted by Crippen LogP contribution is 2.07. The number of aliphatic hydroxyl groups is 1. The number of carbonyl (C=O) groups excluding carboxylic acids is 2. The number of aliphatic carboxylic acids is 1. The first-order chi connectivity index (χ1) is 9.97. The number of carboxylic acid groups (broad SMARTS) is 1. The molecule has 1 saturated heterocycles. The summed E-state index contributed by atoms with van der Waals surface area (Å²) in [6.45, 7) is 2.60. The van der Waals surface area contributed by atoms with E-state index in [1.807, 2.05) is 6.92 Å². The van der Waals surface area contributed by atoms with Crippen LogP contribution in [0.4, 0.5) is 4.79 Å². The first-order valence-corrected chi connectivity index (χ1v) is 6.78. The average molecular weight is 303 g/mol. The number of nitrogens with zero attached hydrogens (tertiary/aromatic N) is 1. The van der Waals surface area contributed by atoms with Gasteiger partial charge in [-0.25, -0.2) is 9.59 Å². The Kier molecular flexibility index (Phi) is 6.89. The zero-order chi connectivity index (χ0) is 15.8. The molecule has 9 heteroatoms. The third-order valence-electron chi connectivity index (χ3n) is 2.97. The highest BCUT2D eigenvalue weighted by molar-refractivity contribution is 5.87. The van der Waals surface area contributed by atoms with Gasteiger partial charge in [0, 0.05) is 13.1 Å². The summed E-state index contributed by atoms with van der Waals surface area (Å²) in [4.78, 5) is 35.7. The molecule has 1 heterocycles. The second-order valence-corrected chi connectivity index (χ2v) is 4.62. The summed E-state index contributed by atoms with van der Waals surface area (Å²) < 4.78 is 5.20. The van der Waals surface area contributed by atoms with Crippen molar-refractivity contribution in [3.63, 3.8) is 0 Å². The third kappa shape index (κ3) is 5.20. The van der Waals surface area contributed by atoms with Crippen LogP contribution in [0.5, 0.6) is 0 Å². The van der Waals surface area contributed by atoms with E-state index in [0.717, 1.165) is 6.42 Å². The Morgan fingerprint density at radius 1 is 1.38 bits per heavy atom. The third-order valence-corrected chi connectivity index (χ3v) is 2.97. The van der Waals surface area contributed by atoms with Gasteiger partial charge in [-0.3, -0.25) is 4.79 Å². The van der Waals surface area contributed by atoms with Crippen LogP contribution in [0.2, 0.25) is 0 Å². The smallest absolute Gasteiger partial charge is 0.334 e. The van der Waals surface area contributed by atoms with Gasteiger partial charge in [0.05, 0.1) is 19.8 Å². The monoisotopic (exact) mass is 303 g/mol. The Balaban J connectivity index is 2.57. The van der Waals surface area contributed by atoms with Gasteiger partial charge in [-0.2, -0.15) is 0 Å². The average Bonchev–Trinajstić information content (AvgIpc) is 2.49. The maximum Gasteiger partial charge on any atom is 0.334 e. The van der Waals surface area contributed by atoms with Gasteiger partial charge in [0.1, 0.15) is 6.04 Å². The molecule has 1 rings (SSSR count). The van der Waals surface area contributed by atoms with Crippen molar-refractivity contribution in [1.82, 2.24) is 15.5 Å². The lowest BCUT2D eigenvalue weighted by molar-refractivity contribution is -0.146. The highest BCUT2D eigenvalue weighted by Gasteiger charge is 2.33. The van der Waals surface area contributed by atoms with Crippen molar-refractivity contribution in [1.29, 1.82) is 0 Å². The van der Waals surface area contributed by atoms with Gasteiger partial charge in [-0.15, -0.1) is 0 Å². The predicted octanol–water partition coefficient (Wildman–Crippen LogP) is -1.63. The van der Waals surface area contributed by atoms with Crippen LogP contribution in [-0.4, -0.2) is 78.0 Å². The first kappa shape index (κ1) is 17.2. The Labute approximate surface area is 122 Å². The molecule has 0 spiro atoms. The molecular weight excluding hydrogens is 282 g/mol. The molecule has 0 aliphatic carbocycles. The number of hydrogen-bond donors (Lipinski definition) is 4. The van der Waals surface area contributed by atoms with Crippen LogP contribution in [-0.2, 0) is 14.3 Å². The summed E-state index contributed by atoms with van der Waals surface area (Å²) >= 11 is 0. The molecule has 1 fully saturated rings. The molecule has 2 atom stereocenters. The van der Waals surface area contributed by atoms with E-state index in [0.29, 0.717) is 13.2 Å². The molecule has 0 radical (unpaired) electrons. The van der Waals surface area contributed by atoms with E-state index in [4.69, 9.17) is 14.9 Å². The van der Waals surface area contributed by atoms with E-state index in [1.165, 1.54) is 4.90 Å². The molecule has 21 heavy (non-hydrogen) atoms. The molecule has 1 aliphatic rings. The quantitative estimate of drug-likeness (QED) is 0.466. The van der Waals surface area contributed by atoms with E-state index < -0.39 is 30.7 Å². The molecular formula is C12H21N3O6. The molecule has 3 amide bonds. The fourth-order valence-corrected chi connectivity index (χ4v) is 1.80. The lowest BCUT2D eigenvalue weighted by Gasteiger charge is -2.34. The number of urea groups is 1. The number of carbonyl (C=O) groups is 3. The summed E-state index contributed by atoms with van der Waals surface area (Å²) in [7, 11) is 0. The van der Waals surface area contributed by atoms with Crippen LogP contribution in [0.3, 0.4) is 0 Å². The van der Waals surface area contributed by atoms with Crippen molar-refractivity contribution in [2.45, 2.75) is 25.5 Å². The van der Waals surface area contributed by atoms with Crippen molar-refractivity contribution >= 4 is 17.9 Å². The minimum absolute atomic E-state index is 0.0877. The molecule has 4 N–H and O–H groups in total. The van der Waals surface area contributed by atoms with Gasteiger partial charge >= 0.3 is 12.0 Å². The van der Waals surface area contributed by atoms with Crippen molar-refractivity contribution in [3.05, 3.63) is 0 Å². The largest absolute Gasteiger partial charge is 0.479 e. The van der Waals surface area contributed by atoms with Crippen LogP contribution < -0.4 is 10.6 Å².